The van der Waals surface area contributed by atoms with Gasteiger partial charge >= 0.3 is 5.97 Å². The van der Waals surface area contributed by atoms with Crippen LogP contribution in [0, 0.1) is 17.3 Å². The molecule has 0 aromatic heterocycles. The van der Waals surface area contributed by atoms with Crippen molar-refractivity contribution in [2.24, 2.45) is 17.3 Å². The summed E-state index contributed by atoms with van der Waals surface area (Å²) in [6.45, 7) is 10.4. The lowest BCUT2D eigenvalue weighted by Gasteiger charge is -2.45. The van der Waals surface area contributed by atoms with Gasteiger partial charge in [0.15, 0.2) is 0 Å². The quantitative estimate of drug-likeness (QED) is 0.801. The fourth-order valence-corrected chi connectivity index (χ4v) is 4.37. The molecule has 2 atom stereocenters. The number of hydrogen-bond donors (Lipinski definition) is 1. The molecule has 3 nitrogen and oxygen atoms in total. The third-order valence-corrected chi connectivity index (χ3v) is 5.11. The molecule has 1 aliphatic heterocycles. The SMILES string of the molecule is CCOC(=O)C(C(C)C)C1(O)CSCC(C)(C)C1. The molecule has 1 aliphatic rings. The summed E-state index contributed by atoms with van der Waals surface area (Å²) in [5, 5.41) is 10.9. The number of thioether (sulfide) groups is 1. The zero-order valence-corrected chi connectivity index (χ0v) is 13.0. The summed E-state index contributed by atoms with van der Waals surface area (Å²) in [7, 11) is 0. The molecule has 1 rings (SSSR count). The minimum absolute atomic E-state index is 0.0668. The Morgan fingerprint density at radius 1 is 1.39 bits per heavy atom. The highest BCUT2D eigenvalue weighted by molar-refractivity contribution is 7.99. The van der Waals surface area contributed by atoms with Crippen LogP contribution in [0.4, 0.5) is 0 Å². The summed E-state index contributed by atoms with van der Waals surface area (Å²) < 4.78 is 5.14. The number of aliphatic hydroxyl groups is 1. The van der Waals surface area contributed by atoms with E-state index in [4.69, 9.17) is 4.74 Å². The molecule has 1 saturated heterocycles. The summed E-state index contributed by atoms with van der Waals surface area (Å²) in [5.74, 6) is 1.06. The van der Waals surface area contributed by atoms with Crippen molar-refractivity contribution < 1.29 is 14.6 Å². The van der Waals surface area contributed by atoms with E-state index in [1.54, 1.807) is 18.7 Å². The first kappa shape index (κ1) is 15.8. The Morgan fingerprint density at radius 3 is 2.44 bits per heavy atom. The van der Waals surface area contributed by atoms with Crippen LogP contribution in [0.3, 0.4) is 0 Å². The Labute approximate surface area is 115 Å². The van der Waals surface area contributed by atoms with Gasteiger partial charge in [-0.3, -0.25) is 4.79 Å². The summed E-state index contributed by atoms with van der Waals surface area (Å²) in [5.41, 5.74) is -0.871. The van der Waals surface area contributed by atoms with Gasteiger partial charge in [0, 0.05) is 5.75 Å². The van der Waals surface area contributed by atoms with Gasteiger partial charge in [0.1, 0.15) is 0 Å². The van der Waals surface area contributed by atoms with E-state index < -0.39 is 11.5 Å². The van der Waals surface area contributed by atoms with E-state index in [9.17, 15) is 9.90 Å². The molecule has 1 N–H and O–H groups in total. The van der Waals surface area contributed by atoms with Gasteiger partial charge in [-0.05, 0) is 30.4 Å². The van der Waals surface area contributed by atoms with E-state index in [1.807, 2.05) is 13.8 Å². The Morgan fingerprint density at radius 2 is 2.00 bits per heavy atom. The van der Waals surface area contributed by atoms with Crippen LogP contribution in [-0.2, 0) is 9.53 Å². The van der Waals surface area contributed by atoms with Crippen molar-refractivity contribution in [3.05, 3.63) is 0 Å². The van der Waals surface area contributed by atoms with E-state index in [0.717, 1.165) is 5.75 Å². The predicted octanol–water partition coefficient (Wildman–Crippen LogP) is 2.72. The number of ether oxygens (including phenoxy) is 1. The summed E-state index contributed by atoms with van der Waals surface area (Å²) in [6, 6.07) is 0. The number of rotatable bonds is 4. The van der Waals surface area contributed by atoms with Crippen molar-refractivity contribution in [2.75, 3.05) is 18.1 Å². The van der Waals surface area contributed by atoms with Crippen molar-refractivity contribution in [2.45, 2.75) is 46.6 Å². The van der Waals surface area contributed by atoms with E-state index in [-0.39, 0.29) is 17.3 Å². The molecule has 2 unspecified atom stereocenters. The zero-order valence-electron chi connectivity index (χ0n) is 12.2. The Kier molecular flexibility index (Phi) is 5.13. The van der Waals surface area contributed by atoms with Gasteiger partial charge in [-0.25, -0.2) is 0 Å². The van der Waals surface area contributed by atoms with Crippen LogP contribution in [0.1, 0.15) is 41.0 Å². The van der Waals surface area contributed by atoms with E-state index in [1.165, 1.54) is 0 Å². The molecule has 0 radical (unpaired) electrons. The first-order chi connectivity index (χ1) is 8.22. The second-order valence-corrected chi connectivity index (χ2v) is 7.40. The molecule has 106 valence electrons. The fraction of sp³-hybridized carbons (Fsp3) is 0.929. The van der Waals surface area contributed by atoms with Crippen LogP contribution in [0.15, 0.2) is 0 Å². The van der Waals surface area contributed by atoms with Crippen LogP contribution in [0.5, 0.6) is 0 Å². The largest absolute Gasteiger partial charge is 0.466 e. The maximum atomic E-state index is 12.1. The third-order valence-electron chi connectivity index (χ3n) is 3.42. The second-order valence-electron chi connectivity index (χ2n) is 6.41. The van der Waals surface area contributed by atoms with E-state index in [0.29, 0.717) is 18.8 Å². The lowest BCUT2D eigenvalue weighted by Crippen LogP contribution is -2.53. The molecule has 4 heteroatoms. The molecular formula is C14H26O3S. The van der Waals surface area contributed by atoms with Crippen molar-refractivity contribution in [3.8, 4) is 0 Å². The minimum Gasteiger partial charge on any atom is -0.466 e. The van der Waals surface area contributed by atoms with E-state index in [2.05, 4.69) is 13.8 Å². The molecule has 0 aromatic rings. The maximum absolute atomic E-state index is 12.1. The molecule has 18 heavy (non-hydrogen) atoms. The average Bonchev–Trinajstić information content (AvgIpc) is 2.13. The van der Waals surface area contributed by atoms with Gasteiger partial charge in [-0.15, -0.1) is 0 Å². The van der Waals surface area contributed by atoms with Gasteiger partial charge in [-0.1, -0.05) is 27.7 Å². The standard InChI is InChI=1S/C14H26O3S/c1-6-17-12(15)11(10(2)3)14(16)7-13(4,5)8-18-9-14/h10-11,16H,6-9H2,1-5H3. The van der Waals surface area contributed by atoms with Gasteiger partial charge in [0.05, 0.1) is 18.1 Å². The Bertz CT molecular complexity index is 301. The second kappa shape index (κ2) is 5.83. The summed E-state index contributed by atoms with van der Waals surface area (Å²) in [6.07, 6.45) is 0.661. The molecule has 0 amide bonds. The van der Waals surface area contributed by atoms with Crippen molar-refractivity contribution in [3.63, 3.8) is 0 Å². The molecule has 0 bridgehead atoms. The van der Waals surface area contributed by atoms with Crippen molar-refractivity contribution in [1.82, 2.24) is 0 Å². The maximum Gasteiger partial charge on any atom is 0.312 e. The zero-order chi connectivity index (χ0) is 14.0. The van der Waals surface area contributed by atoms with E-state index >= 15 is 0 Å². The highest BCUT2D eigenvalue weighted by atomic mass is 32.2. The molecule has 0 aliphatic carbocycles. The topological polar surface area (TPSA) is 46.5 Å². The molecular weight excluding hydrogens is 248 g/mol. The molecule has 1 heterocycles. The monoisotopic (exact) mass is 274 g/mol. The number of hydrogen-bond acceptors (Lipinski definition) is 4. The smallest absolute Gasteiger partial charge is 0.312 e. The fourth-order valence-electron chi connectivity index (χ4n) is 2.98. The predicted molar refractivity (Wildman–Crippen MR) is 75.6 cm³/mol. The summed E-state index contributed by atoms with van der Waals surface area (Å²) >= 11 is 1.73. The van der Waals surface area contributed by atoms with Crippen LogP contribution in [0.25, 0.3) is 0 Å². The van der Waals surface area contributed by atoms with Crippen molar-refractivity contribution in [1.29, 1.82) is 0 Å². The highest BCUT2D eigenvalue weighted by Gasteiger charge is 2.49. The normalized spacial score (nSPS) is 29.1. The third kappa shape index (κ3) is 3.64. The summed E-state index contributed by atoms with van der Waals surface area (Å²) in [4.78, 5) is 12.1. The first-order valence-corrected chi connectivity index (χ1v) is 7.84. The van der Waals surface area contributed by atoms with Crippen LogP contribution in [-0.4, -0.2) is 34.8 Å². The van der Waals surface area contributed by atoms with Crippen molar-refractivity contribution >= 4 is 17.7 Å². The highest BCUT2D eigenvalue weighted by Crippen LogP contribution is 2.44. The number of carbonyl (C=O) groups is 1. The molecule has 1 fully saturated rings. The molecule has 0 aromatic carbocycles. The van der Waals surface area contributed by atoms with Gasteiger partial charge < -0.3 is 9.84 Å². The Balaban J connectivity index is 2.93. The van der Waals surface area contributed by atoms with Crippen LogP contribution < -0.4 is 0 Å². The molecule has 0 spiro atoms. The Hall–Kier alpha value is -0.220. The lowest BCUT2D eigenvalue weighted by molar-refractivity contribution is -0.162. The van der Waals surface area contributed by atoms with Gasteiger partial charge in [0.25, 0.3) is 0 Å². The lowest BCUT2D eigenvalue weighted by atomic mass is 9.71. The van der Waals surface area contributed by atoms with Crippen LogP contribution >= 0.6 is 11.8 Å². The van der Waals surface area contributed by atoms with Gasteiger partial charge in [0.2, 0.25) is 0 Å². The number of carbonyl (C=O) groups excluding carboxylic acids is 1. The first-order valence-electron chi connectivity index (χ1n) is 6.68. The van der Waals surface area contributed by atoms with Crippen LogP contribution in [0.2, 0.25) is 0 Å². The molecule has 0 saturated carbocycles. The average molecular weight is 274 g/mol. The number of esters is 1. The van der Waals surface area contributed by atoms with Gasteiger partial charge in [-0.2, -0.15) is 11.8 Å². The minimum atomic E-state index is -0.938.